The van der Waals surface area contributed by atoms with Gasteiger partial charge in [0.2, 0.25) is 0 Å². The van der Waals surface area contributed by atoms with Crippen LogP contribution in [0.25, 0.3) is 11.4 Å². The molecule has 0 unspecified atom stereocenters. The molecule has 0 fully saturated rings. The molecule has 0 N–H and O–H groups in total. The van der Waals surface area contributed by atoms with Crippen molar-refractivity contribution in [3.8, 4) is 11.4 Å². The van der Waals surface area contributed by atoms with Gasteiger partial charge in [-0.05, 0) is 12.1 Å². The number of aryl methyl sites for hydroxylation is 1. The first-order valence-electron chi connectivity index (χ1n) is 7.57. The fourth-order valence-electron chi connectivity index (χ4n) is 2.44. The first kappa shape index (κ1) is 16.3. The van der Waals surface area contributed by atoms with Crippen LogP contribution in [0.3, 0.4) is 0 Å². The number of hydrogen-bond acceptors (Lipinski definition) is 4. The molecule has 0 saturated heterocycles. The minimum atomic E-state index is 0.0712. The number of carbonyl (C=O) groups is 1. The van der Waals surface area contributed by atoms with E-state index in [0.717, 1.165) is 16.5 Å². The summed E-state index contributed by atoms with van der Waals surface area (Å²) in [5.74, 6) is 1.17. The first-order chi connectivity index (χ1) is 11.7. The van der Waals surface area contributed by atoms with E-state index in [4.69, 9.17) is 0 Å². The van der Waals surface area contributed by atoms with Crippen LogP contribution >= 0.6 is 11.8 Å². The third-order valence-corrected chi connectivity index (χ3v) is 4.59. The molecule has 3 rings (SSSR count). The number of rotatable bonds is 7. The predicted octanol–water partition coefficient (Wildman–Crippen LogP) is 3.44. The monoisotopic (exact) mass is 338 g/mol. The van der Waals surface area contributed by atoms with E-state index in [2.05, 4.69) is 16.8 Å². The number of allylic oxidation sites excluding steroid dienone is 1. The van der Waals surface area contributed by atoms with Crippen LogP contribution in [0.1, 0.15) is 10.5 Å². The lowest BCUT2D eigenvalue weighted by molar-refractivity contribution is 0.101. The second-order valence-electron chi connectivity index (χ2n) is 5.29. The van der Waals surface area contributed by atoms with Crippen LogP contribution in [-0.2, 0) is 13.6 Å². The molecule has 3 aromatic rings. The van der Waals surface area contributed by atoms with E-state index in [1.807, 2.05) is 64.8 Å². The van der Waals surface area contributed by atoms with Crippen LogP contribution in [0.4, 0.5) is 0 Å². The average molecular weight is 338 g/mol. The zero-order chi connectivity index (χ0) is 16.9. The van der Waals surface area contributed by atoms with Gasteiger partial charge in [-0.25, -0.2) is 0 Å². The van der Waals surface area contributed by atoms with Gasteiger partial charge in [0.05, 0.1) is 11.4 Å². The molecule has 0 aliphatic heterocycles. The number of carbonyl (C=O) groups excluding carboxylic acids is 1. The molecule has 0 atom stereocenters. The van der Waals surface area contributed by atoms with Crippen LogP contribution in [0.2, 0.25) is 0 Å². The topological polar surface area (TPSA) is 52.7 Å². The highest BCUT2D eigenvalue weighted by molar-refractivity contribution is 7.99. The highest BCUT2D eigenvalue weighted by atomic mass is 32.2. The number of benzene rings is 1. The smallest absolute Gasteiger partial charge is 0.192 e. The summed E-state index contributed by atoms with van der Waals surface area (Å²) in [4.78, 5) is 12.3. The third kappa shape index (κ3) is 3.33. The molecule has 122 valence electrons. The summed E-state index contributed by atoms with van der Waals surface area (Å²) in [6, 6.07) is 13.6. The number of hydrogen-bond donors (Lipinski definition) is 0. The van der Waals surface area contributed by atoms with Crippen LogP contribution < -0.4 is 0 Å². The quantitative estimate of drug-likeness (QED) is 0.376. The van der Waals surface area contributed by atoms with Crippen molar-refractivity contribution in [1.82, 2.24) is 19.3 Å². The number of Topliss-reactive ketones (excluding diaryl/α,β-unsaturated/α-hetero) is 1. The number of thioether (sulfide) groups is 1. The summed E-state index contributed by atoms with van der Waals surface area (Å²) >= 11 is 1.40. The van der Waals surface area contributed by atoms with Crippen molar-refractivity contribution in [3.05, 3.63) is 67.0 Å². The third-order valence-electron chi connectivity index (χ3n) is 3.62. The Bertz CT molecular complexity index is 851. The van der Waals surface area contributed by atoms with E-state index in [1.165, 1.54) is 11.8 Å². The summed E-state index contributed by atoms with van der Waals surface area (Å²) in [6.45, 7) is 4.40. The van der Waals surface area contributed by atoms with Gasteiger partial charge in [0.25, 0.3) is 0 Å². The van der Waals surface area contributed by atoms with Crippen LogP contribution in [0.5, 0.6) is 0 Å². The Labute approximate surface area is 145 Å². The normalized spacial score (nSPS) is 10.7. The maximum atomic E-state index is 12.3. The Morgan fingerprint density at radius 2 is 2.00 bits per heavy atom. The van der Waals surface area contributed by atoms with Gasteiger partial charge in [-0.2, -0.15) is 0 Å². The minimum absolute atomic E-state index is 0.0712. The molecule has 24 heavy (non-hydrogen) atoms. The molecular formula is C18H18N4OS. The van der Waals surface area contributed by atoms with Crippen LogP contribution in [0.15, 0.2) is 66.5 Å². The molecule has 0 radical (unpaired) electrons. The molecule has 0 saturated carbocycles. The summed E-state index contributed by atoms with van der Waals surface area (Å²) in [5.41, 5.74) is 1.69. The zero-order valence-electron chi connectivity index (χ0n) is 13.4. The standard InChI is InChI=1S/C18H18N4OS/c1-3-11-22-17(14-8-5-4-6-9-14)19-20-18(22)24-13-16(23)15-10-7-12-21(15)2/h3-10,12H,1,11,13H2,2H3. The highest BCUT2D eigenvalue weighted by Gasteiger charge is 2.16. The van der Waals surface area contributed by atoms with E-state index < -0.39 is 0 Å². The Kier molecular flexibility index (Phi) is 4.96. The van der Waals surface area contributed by atoms with E-state index in [-0.39, 0.29) is 5.78 Å². The van der Waals surface area contributed by atoms with Gasteiger partial charge in [0.15, 0.2) is 16.8 Å². The van der Waals surface area contributed by atoms with E-state index in [1.54, 1.807) is 6.08 Å². The summed E-state index contributed by atoms with van der Waals surface area (Å²) < 4.78 is 3.80. The van der Waals surface area contributed by atoms with Crippen molar-refractivity contribution >= 4 is 17.5 Å². The fourth-order valence-corrected chi connectivity index (χ4v) is 3.27. The van der Waals surface area contributed by atoms with Crippen molar-refractivity contribution in [2.24, 2.45) is 7.05 Å². The van der Waals surface area contributed by atoms with Crippen molar-refractivity contribution in [3.63, 3.8) is 0 Å². The summed E-state index contributed by atoms with van der Waals surface area (Å²) in [7, 11) is 1.87. The van der Waals surface area contributed by atoms with Gasteiger partial charge in [-0.1, -0.05) is 48.2 Å². The lowest BCUT2D eigenvalue weighted by Crippen LogP contribution is -2.09. The van der Waals surface area contributed by atoms with Crippen molar-refractivity contribution in [2.75, 3.05) is 5.75 Å². The van der Waals surface area contributed by atoms with Gasteiger partial charge in [-0.15, -0.1) is 16.8 Å². The molecule has 0 spiro atoms. The lowest BCUT2D eigenvalue weighted by Gasteiger charge is -2.07. The number of aromatic nitrogens is 4. The molecule has 0 aliphatic carbocycles. The second-order valence-corrected chi connectivity index (χ2v) is 6.23. The Morgan fingerprint density at radius 3 is 2.67 bits per heavy atom. The second kappa shape index (κ2) is 7.31. The highest BCUT2D eigenvalue weighted by Crippen LogP contribution is 2.24. The Balaban J connectivity index is 1.81. The predicted molar refractivity (Wildman–Crippen MR) is 96.1 cm³/mol. The van der Waals surface area contributed by atoms with E-state index in [9.17, 15) is 4.79 Å². The van der Waals surface area contributed by atoms with Gasteiger partial charge >= 0.3 is 0 Å². The van der Waals surface area contributed by atoms with E-state index in [0.29, 0.717) is 18.0 Å². The fraction of sp³-hybridized carbons (Fsp3) is 0.167. The molecule has 0 aliphatic rings. The minimum Gasteiger partial charge on any atom is -0.348 e. The summed E-state index contributed by atoms with van der Waals surface area (Å²) in [6.07, 6.45) is 3.67. The Morgan fingerprint density at radius 1 is 1.21 bits per heavy atom. The SMILES string of the molecule is C=CCn1c(SCC(=O)c2cccn2C)nnc1-c1ccccc1. The number of nitrogens with zero attached hydrogens (tertiary/aromatic N) is 4. The van der Waals surface area contributed by atoms with E-state index >= 15 is 0 Å². The molecule has 5 nitrogen and oxygen atoms in total. The first-order valence-corrected chi connectivity index (χ1v) is 8.56. The molecule has 2 heterocycles. The summed E-state index contributed by atoms with van der Waals surface area (Å²) in [5, 5.41) is 9.27. The number of ketones is 1. The van der Waals surface area contributed by atoms with Gasteiger partial charge < -0.3 is 4.57 Å². The van der Waals surface area contributed by atoms with Gasteiger partial charge in [0, 0.05) is 25.4 Å². The Hall–Kier alpha value is -2.60. The maximum Gasteiger partial charge on any atom is 0.192 e. The van der Waals surface area contributed by atoms with Crippen molar-refractivity contribution in [2.45, 2.75) is 11.7 Å². The van der Waals surface area contributed by atoms with Crippen molar-refractivity contribution < 1.29 is 4.79 Å². The molecule has 0 amide bonds. The molecular weight excluding hydrogens is 320 g/mol. The van der Waals surface area contributed by atoms with Gasteiger partial charge in [0.1, 0.15) is 0 Å². The lowest BCUT2D eigenvalue weighted by atomic mass is 10.2. The maximum absolute atomic E-state index is 12.3. The molecule has 1 aromatic carbocycles. The molecule has 0 bridgehead atoms. The van der Waals surface area contributed by atoms with Crippen LogP contribution in [0, 0.1) is 0 Å². The zero-order valence-corrected chi connectivity index (χ0v) is 14.2. The average Bonchev–Trinajstić information content (AvgIpc) is 3.20. The molecule has 2 aromatic heterocycles. The van der Waals surface area contributed by atoms with Gasteiger partial charge in [-0.3, -0.25) is 9.36 Å². The largest absolute Gasteiger partial charge is 0.348 e. The van der Waals surface area contributed by atoms with Crippen molar-refractivity contribution in [1.29, 1.82) is 0 Å². The van der Waals surface area contributed by atoms with Crippen LogP contribution in [-0.4, -0.2) is 30.9 Å². The molecule has 6 heteroatoms.